The van der Waals surface area contributed by atoms with Crippen LogP contribution in [0.15, 0.2) is 59.6 Å². The van der Waals surface area contributed by atoms with Crippen LogP contribution < -0.4 is 0 Å². The lowest BCUT2D eigenvalue weighted by Gasteiger charge is -1.98. The quantitative estimate of drug-likeness (QED) is 0.810. The van der Waals surface area contributed by atoms with Crippen molar-refractivity contribution >= 4 is 5.71 Å². The summed E-state index contributed by atoms with van der Waals surface area (Å²) in [4.78, 5) is 4.46. The molecule has 2 nitrogen and oxygen atoms in total. The van der Waals surface area contributed by atoms with Crippen LogP contribution in [0, 0.1) is 0 Å². The molecule has 16 heavy (non-hydrogen) atoms. The van der Waals surface area contributed by atoms with Crippen LogP contribution in [0.5, 0.6) is 5.75 Å². The van der Waals surface area contributed by atoms with Gasteiger partial charge in [0.15, 0.2) is 0 Å². The maximum atomic E-state index is 9.20. The predicted molar refractivity (Wildman–Crippen MR) is 63.8 cm³/mol. The van der Waals surface area contributed by atoms with E-state index in [0.29, 0.717) is 5.75 Å². The van der Waals surface area contributed by atoms with Gasteiger partial charge >= 0.3 is 0 Å². The normalized spacial score (nSPS) is 18.0. The van der Waals surface area contributed by atoms with Crippen molar-refractivity contribution in [2.75, 3.05) is 0 Å². The molecule has 0 radical (unpaired) electrons. The Bertz CT molecular complexity index is 528. The molecule has 0 unspecified atom stereocenters. The zero-order valence-corrected chi connectivity index (χ0v) is 8.67. The Morgan fingerprint density at radius 1 is 0.875 bits per heavy atom. The fourth-order valence-corrected chi connectivity index (χ4v) is 1.83. The molecule has 0 saturated heterocycles. The van der Waals surface area contributed by atoms with Gasteiger partial charge in [-0.1, -0.05) is 30.3 Å². The molecule has 0 spiro atoms. The second-order valence-corrected chi connectivity index (χ2v) is 3.87. The maximum absolute atomic E-state index is 9.20. The summed E-state index contributed by atoms with van der Waals surface area (Å²) < 4.78 is 0. The summed E-state index contributed by atoms with van der Waals surface area (Å²) >= 11 is 0. The molecule has 1 atom stereocenters. The molecule has 3 rings (SSSR count). The summed E-state index contributed by atoms with van der Waals surface area (Å²) in [5.41, 5.74) is 3.42. The number of phenols is 1. The number of hydrogen-bond acceptors (Lipinski definition) is 2. The highest BCUT2D eigenvalue weighted by molar-refractivity contribution is 6.13. The maximum Gasteiger partial charge on any atom is 0.118 e. The van der Waals surface area contributed by atoms with E-state index in [4.69, 9.17) is 0 Å². The Kier molecular flexibility index (Phi) is 2.00. The third-order valence-corrected chi connectivity index (χ3v) is 2.74. The monoisotopic (exact) mass is 209 g/mol. The smallest absolute Gasteiger partial charge is 0.118 e. The molecule has 0 bridgehead atoms. The minimum absolute atomic E-state index is 0.214. The van der Waals surface area contributed by atoms with Crippen LogP contribution in [0.1, 0.15) is 17.2 Å². The minimum atomic E-state index is 0.214. The zero-order valence-electron chi connectivity index (χ0n) is 8.67. The van der Waals surface area contributed by atoms with Crippen LogP contribution in [0.3, 0.4) is 0 Å². The molecule has 0 aromatic heterocycles. The highest BCUT2D eigenvalue weighted by atomic mass is 16.3. The van der Waals surface area contributed by atoms with Crippen molar-refractivity contribution < 1.29 is 5.11 Å². The Morgan fingerprint density at radius 3 is 2.25 bits per heavy atom. The molecule has 2 aromatic rings. The number of rotatable bonds is 2. The molecule has 1 aliphatic heterocycles. The van der Waals surface area contributed by atoms with Crippen molar-refractivity contribution in [1.29, 1.82) is 0 Å². The average molecular weight is 209 g/mol. The fraction of sp³-hybridized carbons (Fsp3) is 0.0714. The van der Waals surface area contributed by atoms with E-state index in [9.17, 15) is 5.11 Å². The molecular weight excluding hydrogens is 198 g/mol. The van der Waals surface area contributed by atoms with Crippen molar-refractivity contribution in [3.05, 3.63) is 65.7 Å². The van der Waals surface area contributed by atoms with E-state index in [2.05, 4.69) is 17.1 Å². The SMILES string of the molecule is Oc1ccc(C2=N[C@@H]2c2ccccc2)cc1. The predicted octanol–water partition coefficient (Wildman–Crippen LogP) is 2.94. The number of phenolic OH excluding ortho intramolecular Hbond substituents is 1. The summed E-state index contributed by atoms with van der Waals surface area (Å²) in [5, 5.41) is 9.20. The average Bonchev–Trinajstić information content (AvgIpc) is 3.11. The first-order valence-corrected chi connectivity index (χ1v) is 5.26. The summed E-state index contributed by atoms with van der Waals surface area (Å²) in [6.07, 6.45) is 0. The lowest BCUT2D eigenvalue weighted by molar-refractivity contribution is 0.475. The molecule has 78 valence electrons. The third kappa shape index (κ3) is 1.58. The third-order valence-electron chi connectivity index (χ3n) is 2.74. The van der Waals surface area contributed by atoms with Crippen molar-refractivity contribution in [2.24, 2.45) is 4.99 Å². The van der Waals surface area contributed by atoms with Crippen LogP contribution in [-0.4, -0.2) is 10.8 Å². The fourth-order valence-electron chi connectivity index (χ4n) is 1.83. The lowest BCUT2D eigenvalue weighted by Crippen LogP contribution is -1.92. The molecule has 2 heteroatoms. The molecule has 0 amide bonds. The Morgan fingerprint density at radius 2 is 1.56 bits per heavy atom. The van der Waals surface area contributed by atoms with Gasteiger partial charge in [0.25, 0.3) is 0 Å². The highest BCUT2D eigenvalue weighted by Gasteiger charge is 2.29. The molecule has 0 fully saturated rings. The van der Waals surface area contributed by atoms with Gasteiger partial charge in [0, 0.05) is 0 Å². The zero-order chi connectivity index (χ0) is 11.0. The van der Waals surface area contributed by atoms with Crippen LogP contribution in [0.4, 0.5) is 0 Å². The summed E-state index contributed by atoms with van der Waals surface area (Å²) in [6.45, 7) is 0. The van der Waals surface area contributed by atoms with Gasteiger partial charge in [-0.15, -0.1) is 0 Å². The van der Waals surface area contributed by atoms with Crippen molar-refractivity contribution in [3.8, 4) is 5.75 Å². The first-order valence-electron chi connectivity index (χ1n) is 5.26. The molecule has 1 aliphatic rings. The largest absolute Gasteiger partial charge is 0.508 e. The van der Waals surface area contributed by atoms with E-state index in [0.717, 1.165) is 11.3 Å². The number of aromatic hydroxyl groups is 1. The first kappa shape index (κ1) is 9.16. The molecule has 0 saturated carbocycles. The Balaban J connectivity index is 1.81. The van der Waals surface area contributed by atoms with Gasteiger partial charge < -0.3 is 5.11 Å². The first-order chi connectivity index (χ1) is 7.84. The second-order valence-electron chi connectivity index (χ2n) is 3.87. The van der Waals surface area contributed by atoms with Gasteiger partial charge in [0.1, 0.15) is 11.8 Å². The van der Waals surface area contributed by atoms with Crippen molar-refractivity contribution in [2.45, 2.75) is 6.04 Å². The molecule has 2 aromatic carbocycles. The summed E-state index contributed by atoms with van der Waals surface area (Å²) in [5.74, 6) is 0.293. The van der Waals surface area contributed by atoms with Gasteiger partial charge in [0.05, 0.1) is 5.71 Å². The molecule has 1 heterocycles. The van der Waals surface area contributed by atoms with E-state index in [1.54, 1.807) is 12.1 Å². The summed E-state index contributed by atoms with van der Waals surface area (Å²) in [6, 6.07) is 17.6. The van der Waals surface area contributed by atoms with Gasteiger partial charge in [-0.2, -0.15) is 0 Å². The van der Waals surface area contributed by atoms with Crippen molar-refractivity contribution in [1.82, 2.24) is 0 Å². The number of benzene rings is 2. The van der Waals surface area contributed by atoms with Crippen LogP contribution in [-0.2, 0) is 0 Å². The van der Waals surface area contributed by atoms with Gasteiger partial charge in [0.2, 0.25) is 0 Å². The van der Waals surface area contributed by atoms with E-state index in [1.165, 1.54) is 5.56 Å². The number of nitrogens with zero attached hydrogens (tertiary/aromatic N) is 1. The molecule has 0 aliphatic carbocycles. The number of hydrogen-bond donors (Lipinski definition) is 1. The topological polar surface area (TPSA) is 32.6 Å². The van der Waals surface area contributed by atoms with E-state index < -0.39 is 0 Å². The number of aliphatic imine (C=N–C) groups is 1. The van der Waals surface area contributed by atoms with Gasteiger partial charge in [-0.3, -0.25) is 4.99 Å². The Labute approximate surface area is 93.9 Å². The van der Waals surface area contributed by atoms with Gasteiger partial charge in [-0.25, -0.2) is 0 Å². The van der Waals surface area contributed by atoms with Crippen LogP contribution in [0.25, 0.3) is 0 Å². The van der Waals surface area contributed by atoms with Crippen LogP contribution in [0.2, 0.25) is 0 Å². The molecular formula is C14H11NO. The van der Waals surface area contributed by atoms with E-state index in [-0.39, 0.29) is 6.04 Å². The van der Waals surface area contributed by atoms with E-state index >= 15 is 0 Å². The van der Waals surface area contributed by atoms with Crippen LogP contribution >= 0.6 is 0 Å². The molecule has 1 N–H and O–H groups in total. The van der Waals surface area contributed by atoms with Crippen molar-refractivity contribution in [3.63, 3.8) is 0 Å². The van der Waals surface area contributed by atoms with Gasteiger partial charge in [-0.05, 0) is 35.4 Å². The highest BCUT2D eigenvalue weighted by Crippen LogP contribution is 2.34. The standard InChI is InChI=1S/C14H11NO/c16-12-8-6-11(7-9-12)14-13(15-14)10-4-2-1-3-5-10/h1-9,13,16H/t13-/m1/s1. The Hall–Kier alpha value is -2.09. The summed E-state index contributed by atoms with van der Waals surface area (Å²) in [7, 11) is 0. The minimum Gasteiger partial charge on any atom is -0.508 e. The lowest BCUT2D eigenvalue weighted by atomic mass is 10.0. The second kappa shape index (κ2) is 3.49. The van der Waals surface area contributed by atoms with E-state index in [1.807, 2.05) is 30.3 Å².